The highest BCUT2D eigenvalue weighted by Crippen LogP contribution is 2.37. The molecule has 3 aromatic rings. The lowest BCUT2D eigenvalue weighted by Gasteiger charge is -2.11. The molecule has 0 saturated carbocycles. The Kier molecular flexibility index (Phi) is 3.02. The van der Waals surface area contributed by atoms with Crippen LogP contribution in [0.3, 0.4) is 0 Å². The van der Waals surface area contributed by atoms with Crippen molar-refractivity contribution in [2.75, 3.05) is 11.5 Å². The molecule has 0 aliphatic heterocycles. The SMILES string of the molecule is Cc1noc(C)c1-c1nc(N)nc(N)c1-c1cccnc1. The number of hydrogen-bond donors (Lipinski definition) is 2. The second-order valence-electron chi connectivity index (χ2n) is 4.63. The molecule has 0 aliphatic rings. The van der Waals surface area contributed by atoms with Crippen molar-refractivity contribution in [3.05, 3.63) is 36.0 Å². The van der Waals surface area contributed by atoms with Gasteiger partial charge in [0, 0.05) is 18.0 Å². The lowest BCUT2D eigenvalue weighted by Crippen LogP contribution is -2.05. The number of nitrogen functional groups attached to an aromatic ring is 2. The van der Waals surface area contributed by atoms with Gasteiger partial charge in [0.2, 0.25) is 5.95 Å². The summed E-state index contributed by atoms with van der Waals surface area (Å²) in [5, 5.41) is 3.95. The number of nitrogens with zero attached hydrogens (tertiary/aromatic N) is 4. The van der Waals surface area contributed by atoms with Crippen LogP contribution in [0.15, 0.2) is 29.0 Å². The van der Waals surface area contributed by atoms with Crippen molar-refractivity contribution in [2.45, 2.75) is 13.8 Å². The van der Waals surface area contributed by atoms with E-state index in [2.05, 4.69) is 20.1 Å². The molecule has 4 N–H and O–H groups in total. The minimum Gasteiger partial charge on any atom is -0.383 e. The van der Waals surface area contributed by atoms with E-state index in [0.29, 0.717) is 22.8 Å². The third-order valence-electron chi connectivity index (χ3n) is 3.17. The number of hydrogen-bond acceptors (Lipinski definition) is 7. The first-order valence-corrected chi connectivity index (χ1v) is 6.34. The van der Waals surface area contributed by atoms with Crippen LogP contribution in [0.5, 0.6) is 0 Å². The zero-order chi connectivity index (χ0) is 15.0. The zero-order valence-corrected chi connectivity index (χ0v) is 11.7. The van der Waals surface area contributed by atoms with Gasteiger partial charge in [-0.3, -0.25) is 4.98 Å². The molecule has 106 valence electrons. The summed E-state index contributed by atoms with van der Waals surface area (Å²) in [5.74, 6) is 1.05. The van der Waals surface area contributed by atoms with Crippen LogP contribution in [-0.2, 0) is 0 Å². The van der Waals surface area contributed by atoms with Crippen LogP contribution in [0, 0.1) is 13.8 Å². The smallest absolute Gasteiger partial charge is 0.222 e. The highest BCUT2D eigenvalue weighted by molar-refractivity contribution is 5.88. The van der Waals surface area contributed by atoms with E-state index < -0.39 is 0 Å². The minimum absolute atomic E-state index is 0.107. The Balaban J connectivity index is 2.35. The summed E-state index contributed by atoms with van der Waals surface area (Å²) in [6.07, 6.45) is 3.39. The van der Waals surface area contributed by atoms with Crippen molar-refractivity contribution in [2.24, 2.45) is 0 Å². The van der Waals surface area contributed by atoms with Gasteiger partial charge in [-0.25, -0.2) is 4.98 Å². The molecule has 0 atom stereocenters. The predicted molar refractivity (Wildman–Crippen MR) is 79.1 cm³/mol. The summed E-state index contributed by atoms with van der Waals surface area (Å²) in [6, 6.07) is 3.71. The molecular formula is C14H14N6O. The number of nitrogens with two attached hydrogens (primary N) is 2. The van der Waals surface area contributed by atoms with Gasteiger partial charge >= 0.3 is 0 Å². The fourth-order valence-electron chi connectivity index (χ4n) is 2.29. The minimum atomic E-state index is 0.107. The first kappa shape index (κ1) is 13.0. The average Bonchev–Trinajstić information content (AvgIpc) is 2.78. The molecule has 0 saturated heterocycles. The standard InChI is InChI=1S/C14H14N6O/c1-7-10(8(2)21-20-7)12-11(9-4-3-5-17-6-9)13(15)19-14(16)18-12/h3-6H,1-2H3,(H4,15,16,18,19). The van der Waals surface area contributed by atoms with E-state index in [1.807, 2.05) is 26.0 Å². The monoisotopic (exact) mass is 282 g/mol. The third-order valence-corrected chi connectivity index (χ3v) is 3.17. The highest BCUT2D eigenvalue weighted by atomic mass is 16.5. The summed E-state index contributed by atoms with van der Waals surface area (Å²) in [6.45, 7) is 3.66. The Labute approximate surface area is 121 Å². The topological polar surface area (TPSA) is 117 Å². The van der Waals surface area contributed by atoms with Gasteiger partial charge in [0.05, 0.1) is 22.5 Å². The largest absolute Gasteiger partial charge is 0.383 e. The first-order chi connectivity index (χ1) is 10.1. The number of rotatable bonds is 2. The van der Waals surface area contributed by atoms with Crippen molar-refractivity contribution in [1.29, 1.82) is 0 Å². The van der Waals surface area contributed by atoms with Crippen LogP contribution in [0.25, 0.3) is 22.4 Å². The van der Waals surface area contributed by atoms with Crippen molar-refractivity contribution in [1.82, 2.24) is 20.1 Å². The van der Waals surface area contributed by atoms with Crippen LogP contribution in [0.4, 0.5) is 11.8 Å². The van der Waals surface area contributed by atoms with Crippen molar-refractivity contribution < 1.29 is 4.52 Å². The van der Waals surface area contributed by atoms with Crippen LogP contribution in [-0.4, -0.2) is 20.1 Å². The van der Waals surface area contributed by atoms with Gasteiger partial charge in [0.25, 0.3) is 0 Å². The van der Waals surface area contributed by atoms with Gasteiger partial charge in [-0.15, -0.1) is 0 Å². The summed E-state index contributed by atoms with van der Waals surface area (Å²) in [7, 11) is 0. The maximum atomic E-state index is 6.05. The molecule has 0 aliphatic carbocycles. The molecule has 3 aromatic heterocycles. The van der Waals surface area contributed by atoms with E-state index in [9.17, 15) is 0 Å². The fraction of sp³-hybridized carbons (Fsp3) is 0.143. The molecule has 21 heavy (non-hydrogen) atoms. The normalized spacial score (nSPS) is 10.8. The van der Waals surface area contributed by atoms with Gasteiger partial charge in [-0.2, -0.15) is 4.98 Å². The molecule has 0 unspecified atom stereocenters. The lowest BCUT2D eigenvalue weighted by molar-refractivity contribution is 0.393. The molecule has 7 nitrogen and oxygen atoms in total. The molecule has 0 radical (unpaired) electrons. The number of anilines is 2. The maximum absolute atomic E-state index is 6.05. The van der Waals surface area contributed by atoms with Crippen molar-refractivity contribution >= 4 is 11.8 Å². The molecule has 0 fully saturated rings. The Morgan fingerprint density at radius 3 is 2.52 bits per heavy atom. The Morgan fingerprint density at radius 2 is 1.90 bits per heavy atom. The van der Waals surface area contributed by atoms with Gasteiger partial charge in [0.15, 0.2) is 0 Å². The predicted octanol–water partition coefficient (Wildman–Crippen LogP) is 1.97. The average molecular weight is 282 g/mol. The van der Waals surface area contributed by atoms with E-state index >= 15 is 0 Å². The van der Waals surface area contributed by atoms with Crippen LogP contribution in [0.2, 0.25) is 0 Å². The molecule has 0 aromatic carbocycles. The second kappa shape index (κ2) is 4.86. The Hall–Kier alpha value is -2.96. The summed E-state index contributed by atoms with van der Waals surface area (Å²) < 4.78 is 5.21. The Bertz CT molecular complexity index is 777. The number of aromatic nitrogens is 4. The van der Waals surface area contributed by atoms with E-state index in [1.165, 1.54) is 0 Å². The summed E-state index contributed by atoms with van der Waals surface area (Å²) in [4.78, 5) is 12.5. The van der Waals surface area contributed by atoms with Crippen LogP contribution < -0.4 is 11.5 Å². The molecule has 3 heterocycles. The first-order valence-electron chi connectivity index (χ1n) is 6.34. The van der Waals surface area contributed by atoms with Gasteiger partial charge in [0.1, 0.15) is 11.6 Å². The quantitative estimate of drug-likeness (QED) is 0.737. The highest BCUT2D eigenvalue weighted by Gasteiger charge is 2.21. The van der Waals surface area contributed by atoms with E-state index in [4.69, 9.17) is 16.0 Å². The second-order valence-corrected chi connectivity index (χ2v) is 4.63. The zero-order valence-electron chi connectivity index (χ0n) is 11.7. The molecule has 0 spiro atoms. The fourth-order valence-corrected chi connectivity index (χ4v) is 2.29. The van der Waals surface area contributed by atoms with E-state index in [0.717, 1.165) is 16.8 Å². The maximum Gasteiger partial charge on any atom is 0.222 e. The molecule has 3 rings (SSSR count). The van der Waals surface area contributed by atoms with E-state index in [1.54, 1.807) is 12.4 Å². The van der Waals surface area contributed by atoms with Crippen LogP contribution >= 0.6 is 0 Å². The summed E-state index contributed by atoms with van der Waals surface area (Å²) >= 11 is 0. The molecule has 0 bridgehead atoms. The summed E-state index contributed by atoms with van der Waals surface area (Å²) in [5.41, 5.74) is 15.4. The Morgan fingerprint density at radius 1 is 1.10 bits per heavy atom. The molecular weight excluding hydrogens is 268 g/mol. The van der Waals surface area contributed by atoms with Gasteiger partial charge in [-0.05, 0) is 19.9 Å². The van der Waals surface area contributed by atoms with Crippen molar-refractivity contribution in [3.63, 3.8) is 0 Å². The number of pyridine rings is 1. The lowest BCUT2D eigenvalue weighted by atomic mass is 10.00. The van der Waals surface area contributed by atoms with E-state index in [-0.39, 0.29) is 5.95 Å². The van der Waals surface area contributed by atoms with Gasteiger partial charge < -0.3 is 16.0 Å². The van der Waals surface area contributed by atoms with Crippen molar-refractivity contribution in [3.8, 4) is 22.4 Å². The van der Waals surface area contributed by atoms with Crippen LogP contribution in [0.1, 0.15) is 11.5 Å². The van der Waals surface area contributed by atoms with Gasteiger partial charge in [-0.1, -0.05) is 11.2 Å². The molecule has 0 amide bonds. The molecule has 7 heteroatoms. The number of aryl methyl sites for hydroxylation is 2. The third kappa shape index (κ3) is 2.18.